The van der Waals surface area contributed by atoms with Crippen LogP contribution in [0.15, 0.2) is 6.07 Å². The van der Waals surface area contributed by atoms with Crippen molar-refractivity contribution >= 4 is 29.0 Å². The number of nitrogens with one attached hydrogen (secondary N) is 1. The molecule has 1 heterocycles. The van der Waals surface area contributed by atoms with E-state index in [9.17, 15) is 0 Å². The van der Waals surface area contributed by atoms with E-state index < -0.39 is 0 Å². The summed E-state index contributed by atoms with van der Waals surface area (Å²) in [6.45, 7) is 3.45. The Morgan fingerprint density at radius 3 is 2.68 bits per heavy atom. The molecule has 0 radical (unpaired) electrons. The third-order valence-electron chi connectivity index (χ3n) is 3.42. The number of ether oxygens (including phenoxy) is 1. The van der Waals surface area contributed by atoms with Crippen LogP contribution in [0, 0.1) is 5.92 Å². The minimum absolute atomic E-state index is 0.475. The van der Waals surface area contributed by atoms with Crippen LogP contribution in [-0.4, -0.2) is 18.1 Å². The summed E-state index contributed by atoms with van der Waals surface area (Å²) >= 11 is 12.2. The lowest BCUT2D eigenvalue weighted by Crippen LogP contribution is -2.16. The van der Waals surface area contributed by atoms with Crippen LogP contribution in [0.4, 0.5) is 5.82 Å². The van der Waals surface area contributed by atoms with Crippen molar-refractivity contribution in [2.75, 3.05) is 18.5 Å². The molecule has 106 valence electrons. The van der Waals surface area contributed by atoms with Crippen LogP contribution in [0.25, 0.3) is 0 Å². The van der Waals surface area contributed by atoms with Gasteiger partial charge in [0.2, 0.25) is 5.88 Å². The highest BCUT2D eigenvalue weighted by atomic mass is 35.5. The van der Waals surface area contributed by atoms with Gasteiger partial charge in [0.05, 0.1) is 11.6 Å². The standard InChI is InChI=1S/C14H20Cl2N2O/c1-2-17-13-11(15)8-12(16)14(18-13)19-9-10-6-4-3-5-7-10/h8,10H,2-7,9H2,1H3,(H,17,18). The fourth-order valence-electron chi connectivity index (χ4n) is 2.39. The van der Waals surface area contributed by atoms with Crippen LogP contribution < -0.4 is 10.1 Å². The van der Waals surface area contributed by atoms with E-state index in [2.05, 4.69) is 10.3 Å². The first-order valence-electron chi connectivity index (χ1n) is 6.93. The van der Waals surface area contributed by atoms with Crippen molar-refractivity contribution in [2.24, 2.45) is 5.92 Å². The van der Waals surface area contributed by atoms with Crippen LogP contribution >= 0.6 is 23.2 Å². The lowest BCUT2D eigenvalue weighted by molar-refractivity contribution is 0.203. The molecule has 1 N–H and O–H groups in total. The number of anilines is 1. The normalized spacial score (nSPS) is 16.4. The predicted molar refractivity (Wildman–Crippen MR) is 80.5 cm³/mol. The Morgan fingerprint density at radius 1 is 1.26 bits per heavy atom. The van der Waals surface area contributed by atoms with Crippen molar-refractivity contribution < 1.29 is 4.74 Å². The minimum atomic E-state index is 0.475. The van der Waals surface area contributed by atoms with E-state index >= 15 is 0 Å². The highest BCUT2D eigenvalue weighted by Gasteiger charge is 2.16. The zero-order chi connectivity index (χ0) is 13.7. The van der Waals surface area contributed by atoms with Gasteiger partial charge in [-0.05, 0) is 31.7 Å². The molecular weight excluding hydrogens is 283 g/mol. The maximum Gasteiger partial charge on any atom is 0.234 e. The first kappa shape index (κ1) is 14.7. The summed E-state index contributed by atoms with van der Waals surface area (Å²) in [5.74, 6) is 1.74. The monoisotopic (exact) mass is 302 g/mol. The molecule has 0 bridgehead atoms. The van der Waals surface area contributed by atoms with E-state index in [0.717, 1.165) is 6.54 Å². The summed E-state index contributed by atoms with van der Waals surface area (Å²) in [5.41, 5.74) is 0. The van der Waals surface area contributed by atoms with Crippen LogP contribution in [0.3, 0.4) is 0 Å². The van der Waals surface area contributed by atoms with Crippen molar-refractivity contribution in [1.82, 2.24) is 4.98 Å². The zero-order valence-electron chi connectivity index (χ0n) is 11.2. The fourth-order valence-corrected chi connectivity index (χ4v) is 2.87. The molecule has 0 unspecified atom stereocenters. The Kier molecular flexibility index (Phi) is 5.59. The summed E-state index contributed by atoms with van der Waals surface area (Å²) in [7, 11) is 0. The first-order valence-corrected chi connectivity index (χ1v) is 7.69. The van der Waals surface area contributed by atoms with Gasteiger partial charge in [0.25, 0.3) is 0 Å². The van der Waals surface area contributed by atoms with E-state index in [0.29, 0.717) is 34.3 Å². The molecule has 1 aliphatic carbocycles. The van der Waals surface area contributed by atoms with Gasteiger partial charge in [0.15, 0.2) is 0 Å². The van der Waals surface area contributed by atoms with Crippen molar-refractivity contribution in [3.63, 3.8) is 0 Å². The van der Waals surface area contributed by atoms with Crippen molar-refractivity contribution in [1.29, 1.82) is 0 Å². The van der Waals surface area contributed by atoms with E-state index in [1.165, 1.54) is 32.1 Å². The molecule has 1 aromatic rings. The average molecular weight is 303 g/mol. The van der Waals surface area contributed by atoms with Gasteiger partial charge in [-0.2, -0.15) is 4.98 Å². The molecule has 0 aliphatic heterocycles. The minimum Gasteiger partial charge on any atom is -0.476 e. The molecule has 5 heteroatoms. The summed E-state index contributed by atoms with van der Waals surface area (Å²) in [4.78, 5) is 4.35. The molecule has 19 heavy (non-hydrogen) atoms. The van der Waals surface area contributed by atoms with Crippen LogP contribution in [0.5, 0.6) is 5.88 Å². The van der Waals surface area contributed by atoms with Gasteiger partial charge in [-0.25, -0.2) is 0 Å². The topological polar surface area (TPSA) is 34.2 Å². The molecule has 0 spiro atoms. The number of hydrogen-bond donors (Lipinski definition) is 1. The van der Waals surface area contributed by atoms with Crippen molar-refractivity contribution in [3.8, 4) is 5.88 Å². The molecular formula is C14H20Cl2N2O. The molecule has 0 aromatic carbocycles. The number of pyridine rings is 1. The van der Waals surface area contributed by atoms with Gasteiger partial charge < -0.3 is 10.1 Å². The summed E-state index contributed by atoms with van der Waals surface area (Å²) in [6, 6.07) is 1.68. The Labute approximate surface area is 124 Å². The second-order valence-corrected chi connectivity index (χ2v) is 5.77. The number of halogens is 2. The lowest BCUT2D eigenvalue weighted by Gasteiger charge is -2.21. The summed E-state index contributed by atoms with van der Waals surface area (Å²) < 4.78 is 5.78. The molecule has 1 fully saturated rings. The molecule has 1 aliphatic rings. The number of rotatable bonds is 5. The van der Waals surface area contributed by atoms with Gasteiger partial charge in [-0.3, -0.25) is 0 Å². The van der Waals surface area contributed by atoms with Gasteiger partial charge in [0.1, 0.15) is 10.8 Å². The van der Waals surface area contributed by atoms with Gasteiger partial charge in [0, 0.05) is 6.54 Å². The molecule has 3 nitrogen and oxygen atoms in total. The Hall–Kier alpha value is -0.670. The molecule has 2 rings (SSSR count). The Balaban J connectivity index is 2.00. The fraction of sp³-hybridized carbons (Fsp3) is 0.643. The van der Waals surface area contributed by atoms with Crippen molar-refractivity contribution in [2.45, 2.75) is 39.0 Å². The van der Waals surface area contributed by atoms with Gasteiger partial charge in [-0.1, -0.05) is 42.5 Å². The maximum absolute atomic E-state index is 6.12. The smallest absolute Gasteiger partial charge is 0.234 e. The van der Waals surface area contributed by atoms with Crippen LogP contribution in [0.2, 0.25) is 10.0 Å². The molecule has 0 atom stereocenters. The number of hydrogen-bond acceptors (Lipinski definition) is 3. The highest BCUT2D eigenvalue weighted by molar-refractivity contribution is 6.36. The van der Waals surface area contributed by atoms with Gasteiger partial charge in [-0.15, -0.1) is 0 Å². The SMILES string of the molecule is CCNc1nc(OCC2CCCCC2)c(Cl)cc1Cl. The molecule has 1 aromatic heterocycles. The number of aromatic nitrogens is 1. The van der Waals surface area contributed by atoms with E-state index in [1.54, 1.807) is 6.07 Å². The third kappa shape index (κ3) is 4.15. The van der Waals surface area contributed by atoms with Gasteiger partial charge >= 0.3 is 0 Å². The Morgan fingerprint density at radius 2 is 2.00 bits per heavy atom. The quantitative estimate of drug-likeness (QED) is 0.850. The Bertz CT molecular complexity index is 420. The average Bonchev–Trinajstić information content (AvgIpc) is 2.42. The summed E-state index contributed by atoms with van der Waals surface area (Å²) in [6.07, 6.45) is 6.44. The first-order chi connectivity index (χ1) is 9.20. The van der Waals surface area contributed by atoms with Crippen molar-refractivity contribution in [3.05, 3.63) is 16.1 Å². The molecule has 0 amide bonds. The third-order valence-corrected chi connectivity index (χ3v) is 3.98. The lowest BCUT2D eigenvalue weighted by atomic mass is 9.90. The second-order valence-electron chi connectivity index (χ2n) is 4.95. The summed E-state index contributed by atoms with van der Waals surface area (Å²) in [5, 5.41) is 4.10. The molecule has 0 saturated heterocycles. The highest BCUT2D eigenvalue weighted by Crippen LogP contribution is 2.32. The van der Waals surface area contributed by atoms with Crippen LogP contribution in [-0.2, 0) is 0 Å². The van der Waals surface area contributed by atoms with E-state index in [1.807, 2.05) is 6.92 Å². The maximum atomic E-state index is 6.12. The van der Waals surface area contributed by atoms with E-state index in [-0.39, 0.29) is 0 Å². The number of nitrogens with zero attached hydrogens (tertiary/aromatic N) is 1. The predicted octanol–water partition coefficient (Wildman–Crippen LogP) is 4.78. The van der Waals surface area contributed by atoms with Crippen LogP contribution in [0.1, 0.15) is 39.0 Å². The zero-order valence-corrected chi connectivity index (χ0v) is 12.7. The molecule has 1 saturated carbocycles. The van der Waals surface area contributed by atoms with E-state index in [4.69, 9.17) is 27.9 Å². The second kappa shape index (κ2) is 7.20. The largest absolute Gasteiger partial charge is 0.476 e.